The molecule has 106 valence electrons. The number of benzene rings is 1. The summed E-state index contributed by atoms with van der Waals surface area (Å²) in [7, 11) is -2.79. The predicted octanol–water partition coefficient (Wildman–Crippen LogP) is 1.41. The van der Waals surface area contributed by atoms with Gasteiger partial charge in [0.2, 0.25) is 0 Å². The highest BCUT2D eigenvalue weighted by Crippen LogP contribution is 2.40. The average Bonchev–Trinajstić information content (AvgIpc) is 2.93. The van der Waals surface area contributed by atoms with Crippen molar-refractivity contribution in [2.24, 2.45) is 5.73 Å². The Bertz CT molecular complexity index is 624. The molecule has 2 rings (SSSR count). The van der Waals surface area contributed by atoms with Crippen LogP contribution in [0, 0.1) is 11.6 Å². The standard InChI is InChI=1S/C12H15F2NO3S/c1-18-10-7(6-12(15)3-4-12)5-8(13)11(9(10)14)19(2,16)17/h5H,3-4,6,15H2,1-2H3. The average molecular weight is 291 g/mol. The molecule has 19 heavy (non-hydrogen) atoms. The van der Waals surface area contributed by atoms with Crippen LogP contribution in [0.3, 0.4) is 0 Å². The largest absolute Gasteiger partial charge is 0.493 e. The zero-order chi connectivity index (χ0) is 14.4. The second-order valence-electron chi connectivity index (χ2n) is 5.01. The molecule has 0 amide bonds. The van der Waals surface area contributed by atoms with Crippen LogP contribution in [0.1, 0.15) is 18.4 Å². The molecule has 1 saturated carbocycles. The van der Waals surface area contributed by atoms with Crippen LogP contribution in [0.15, 0.2) is 11.0 Å². The van der Waals surface area contributed by atoms with Crippen LogP contribution < -0.4 is 10.5 Å². The molecule has 2 N–H and O–H groups in total. The zero-order valence-corrected chi connectivity index (χ0v) is 11.5. The van der Waals surface area contributed by atoms with Crippen molar-refractivity contribution in [3.05, 3.63) is 23.3 Å². The zero-order valence-electron chi connectivity index (χ0n) is 10.7. The maximum atomic E-state index is 14.1. The molecule has 1 aromatic rings. The second-order valence-corrected chi connectivity index (χ2v) is 6.96. The van der Waals surface area contributed by atoms with E-state index in [0.29, 0.717) is 0 Å². The van der Waals surface area contributed by atoms with E-state index in [2.05, 4.69) is 0 Å². The van der Waals surface area contributed by atoms with Crippen LogP contribution in [0.2, 0.25) is 0 Å². The molecule has 0 aromatic heterocycles. The molecule has 0 unspecified atom stereocenters. The van der Waals surface area contributed by atoms with Crippen LogP contribution in [-0.2, 0) is 16.3 Å². The number of methoxy groups -OCH3 is 1. The van der Waals surface area contributed by atoms with Gasteiger partial charge in [0.25, 0.3) is 0 Å². The Morgan fingerprint density at radius 3 is 2.42 bits per heavy atom. The molecular formula is C12H15F2NO3S. The van der Waals surface area contributed by atoms with Gasteiger partial charge in [0.15, 0.2) is 21.4 Å². The predicted molar refractivity (Wildman–Crippen MR) is 65.9 cm³/mol. The monoisotopic (exact) mass is 291 g/mol. The van der Waals surface area contributed by atoms with Crippen LogP contribution in [0.5, 0.6) is 5.75 Å². The normalized spacial score (nSPS) is 17.3. The third-order valence-electron chi connectivity index (χ3n) is 3.22. The third-order valence-corrected chi connectivity index (χ3v) is 4.33. The van der Waals surface area contributed by atoms with Crippen molar-refractivity contribution in [1.82, 2.24) is 0 Å². The van der Waals surface area contributed by atoms with Gasteiger partial charge < -0.3 is 10.5 Å². The van der Waals surface area contributed by atoms with E-state index in [4.69, 9.17) is 10.5 Å². The molecule has 0 saturated heterocycles. The fourth-order valence-electron chi connectivity index (χ4n) is 2.04. The summed E-state index contributed by atoms with van der Waals surface area (Å²) in [6.07, 6.45) is 2.55. The van der Waals surface area contributed by atoms with Gasteiger partial charge in [-0.3, -0.25) is 0 Å². The maximum Gasteiger partial charge on any atom is 0.186 e. The Kier molecular flexibility index (Phi) is 3.30. The Morgan fingerprint density at radius 1 is 1.42 bits per heavy atom. The summed E-state index contributed by atoms with van der Waals surface area (Å²) in [6, 6.07) is 0.991. The van der Waals surface area contributed by atoms with E-state index in [9.17, 15) is 17.2 Å². The van der Waals surface area contributed by atoms with Gasteiger partial charge in [0.05, 0.1) is 7.11 Å². The van der Waals surface area contributed by atoms with Crippen molar-refractivity contribution < 1.29 is 21.9 Å². The number of halogens is 2. The number of sulfone groups is 1. The van der Waals surface area contributed by atoms with Crippen molar-refractivity contribution >= 4 is 9.84 Å². The Balaban J connectivity index is 2.59. The molecule has 0 bridgehead atoms. The lowest BCUT2D eigenvalue weighted by Gasteiger charge is -2.15. The molecule has 0 aliphatic heterocycles. The number of hydrogen-bond donors (Lipinski definition) is 1. The molecule has 1 aliphatic carbocycles. The highest BCUT2D eigenvalue weighted by molar-refractivity contribution is 7.90. The molecule has 0 spiro atoms. The van der Waals surface area contributed by atoms with Gasteiger partial charge in [-0.1, -0.05) is 0 Å². The van der Waals surface area contributed by atoms with E-state index >= 15 is 0 Å². The second kappa shape index (κ2) is 4.42. The fourth-order valence-corrected chi connectivity index (χ4v) is 2.87. The highest BCUT2D eigenvalue weighted by Gasteiger charge is 2.40. The Labute approximate surface area is 110 Å². The van der Waals surface area contributed by atoms with Gasteiger partial charge in [0, 0.05) is 17.4 Å². The van der Waals surface area contributed by atoms with Gasteiger partial charge in [-0.05, 0) is 25.3 Å². The van der Waals surface area contributed by atoms with Gasteiger partial charge in [-0.15, -0.1) is 0 Å². The fraction of sp³-hybridized carbons (Fsp3) is 0.500. The lowest BCUT2D eigenvalue weighted by atomic mass is 10.0. The first-order chi connectivity index (χ1) is 8.68. The number of rotatable bonds is 4. The van der Waals surface area contributed by atoms with Crippen molar-refractivity contribution in [2.75, 3.05) is 13.4 Å². The first-order valence-electron chi connectivity index (χ1n) is 5.72. The lowest BCUT2D eigenvalue weighted by Crippen LogP contribution is -2.25. The molecule has 1 fully saturated rings. The van der Waals surface area contributed by atoms with E-state index < -0.39 is 31.9 Å². The molecule has 1 aliphatic rings. The van der Waals surface area contributed by atoms with Crippen LogP contribution in [0.4, 0.5) is 8.78 Å². The quantitative estimate of drug-likeness (QED) is 0.910. The summed E-state index contributed by atoms with van der Waals surface area (Å²) in [5.74, 6) is -2.55. The van der Waals surface area contributed by atoms with E-state index in [1.54, 1.807) is 0 Å². The van der Waals surface area contributed by atoms with Gasteiger partial charge in [-0.25, -0.2) is 17.2 Å². The van der Waals surface area contributed by atoms with E-state index in [1.807, 2.05) is 0 Å². The van der Waals surface area contributed by atoms with Gasteiger partial charge in [0.1, 0.15) is 10.7 Å². The van der Waals surface area contributed by atoms with Gasteiger partial charge in [-0.2, -0.15) is 0 Å². The van der Waals surface area contributed by atoms with E-state index in [-0.39, 0.29) is 17.7 Å². The number of ether oxygens (including phenoxy) is 1. The molecule has 0 atom stereocenters. The van der Waals surface area contributed by atoms with Crippen molar-refractivity contribution in [2.45, 2.75) is 29.7 Å². The summed E-state index contributed by atoms with van der Waals surface area (Å²) < 4.78 is 55.6. The first-order valence-corrected chi connectivity index (χ1v) is 7.61. The molecule has 0 radical (unpaired) electrons. The van der Waals surface area contributed by atoms with Crippen LogP contribution in [0.25, 0.3) is 0 Å². The molecule has 0 heterocycles. The minimum Gasteiger partial charge on any atom is -0.493 e. The lowest BCUT2D eigenvalue weighted by molar-refractivity contribution is 0.367. The van der Waals surface area contributed by atoms with E-state index in [0.717, 1.165) is 25.2 Å². The van der Waals surface area contributed by atoms with Gasteiger partial charge >= 0.3 is 0 Å². The van der Waals surface area contributed by atoms with Crippen LogP contribution >= 0.6 is 0 Å². The first kappa shape index (κ1) is 14.2. The van der Waals surface area contributed by atoms with Crippen LogP contribution in [-0.4, -0.2) is 27.3 Å². The summed E-state index contributed by atoms with van der Waals surface area (Å²) in [4.78, 5) is -0.963. The Hall–Kier alpha value is -1.21. The maximum absolute atomic E-state index is 14.1. The minimum absolute atomic E-state index is 0.251. The molecule has 4 nitrogen and oxygen atoms in total. The topological polar surface area (TPSA) is 69.4 Å². The summed E-state index contributed by atoms with van der Waals surface area (Å²) in [6.45, 7) is 0. The number of hydrogen-bond acceptors (Lipinski definition) is 4. The van der Waals surface area contributed by atoms with Crippen molar-refractivity contribution in [1.29, 1.82) is 0 Å². The van der Waals surface area contributed by atoms with Crippen molar-refractivity contribution in [3.63, 3.8) is 0 Å². The summed E-state index contributed by atoms with van der Waals surface area (Å²) >= 11 is 0. The number of nitrogens with two attached hydrogens (primary N) is 1. The SMILES string of the molecule is COc1c(CC2(N)CC2)cc(F)c(S(C)(=O)=O)c1F. The summed E-state index contributed by atoms with van der Waals surface area (Å²) in [5, 5.41) is 0. The third kappa shape index (κ3) is 2.71. The smallest absolute Gasteiger partial charge is 0.186 e. The van der Waals surface area contributed by atoms with Crippen molar-refractivity contribution in [3.8, 4) is 5.75 Å². The summed E-state index contributed by atoms with van der Waals surface area (Å²) in [5.41, 5.74) is 5.70. The molecular weight excluding hydrogens is 276 g/mol. The Morgan fingerprint density at radius 2 is 2.00 bits per heavy atom. The van der Waals surface area contributed by atoms with E-state index in [1.165, 1.54) is 7.11 Å². The molecule has 7 heteroatoms. The molecule has 1 aromatic carbocycles. The highest BCUT2D eigenvalue weighted by atomic mass is 32.2. The minimum atomic E-state index is -4.00.